The molecule has 33 heavy (non-hydrogen) atoms. The molecule has 0 unspecified atom stereocenters. The predicted octanol–water partition coefficient (Wildman–Crippen LogP) is 3.31. The van der Waals surface area contributed by atoms with Crippen molar-refractivity contribution in [3.63, 3.8) is 0 Å². The summed E-state index contributed by atoms with van der Waals surface area (Å²) in [6, 6.07) is 11.9. The summed E-state index contributed by atoms with van der Waals surface area (Å²) in [7, 11) is 1.67. The Balaban J connectivity index is 1.34. The summed E-state index contributed by atoms with van der Waals surface area (Å²) in [5, 5.41) is 0.736. The number of likely N-dealkylation sites (tertiary alicyclic amines) is 1. The Hall–Kier alpha value is -3.26. The van der Waals surface area contributed by atoms with Gasteiger partial charge in [-0.2, -0.15) is 0 Å². The van der Waals surface area contributed by atoms with Gasteiger partial charge in [0.15, 0.2) is 0 Å². The smallest absolute Gasteiger partial charge is 0.240 e. The maximum Gasteiger partial charge on any atom is 0.240 e. The lowest BCUT2D eigenvalue weighted by Gasteiger charge is -2.21. The van der Waals surface area contributed by atoms with Gasteiger partial charge >= 0.3 is 0 Å². The van der Waals surface area contributed by atoms with Gasteiger partial charge in [0.05, 0.1) is 24.1 Å². The number of primary amides is 1. The topological polar surface area (TPSA) is 98.4 Å². The largest absolute Gasteiger partial charge is 0.497 e. The number of methoxy groups -OCH3 is 1. The number of carbonyl (C=O) groups excluding carboxylic acids is 2. The van der Waals surface area contributed by atoms with Gasteiger partial charge < -0.3 is 15.4 Å². The van der Waals surface area contributed by atoms with E-state index < -0.39 is 11.9 Å². The zero-order valence-electron chi connectivity index (χ0n) is 18.5. The number of carbonyl (C=O) groups is 2. The Labute approximate surface area is 196 Å². The van der Waals surface area contributed by atoms with Crippen LogP contribution in [0.1, 0.15) is 41.9 Å². The van der Waals surface area contributed by atoms with Gasteiger partial charge in [0.2, 0.25) is 11.8 Å². The van der Waals surface area contributed by atoms with E-state index in [-0.39, 0.29) is 17.7 Å². The van der Waals surface area contributed by atoms with Crippen molar-refractivity contribution >= 4 is 23.2 Å². The molecular formula is C25H26N4O3S. The van der Waals surface area contributed by atoms with Crippen molar-refractivity contribution in [2.75, 3.05) is 13.7 Å². The molecule has 1 aromatic carbocycles. The van der Waals surface area contributed by atoms with Crippen molar-refractivity contribution in [2.45, 2.75) is 43.6 Å². The molecule has 1 atom stereocenters. The van der Waals surface area contributed by atoms with Crippen LogP contribution in [0, 0.1) is 0 Å². The number of thiazole rings is 1. The van der Waals surface area contributed by atoms with Gasteiger partial charge in [0.1, 0.15) is 16.8 Å². The molecule has 1 saturated carbocycles. The molecule has 3 aromatic rings. The summed E-state index contributed by atoms with van der Waals surface area (Å²) >= 11 is 1.50. The predicted molar refractivity (Wildman–Crippen MR) is 126 cm³/mol. The van der Waals surface area contributed by atoms with E-state index in [9.17, 15) is 9.59 Å². The Morgan fingerprint density at radius 2 is 2.00 bits per heavy atom. The van der Waals surface area contributed by atoms with E-state index in [4.69, 9.17) is 15.5 Å². The molecule has 1 saturated heterocycles. The molecular weight excluding hydrogens is 436 g/mol. The molecule has 1 aliphatic heterocycles. The number of pyridine rings is 1. The summed E-state index contributed by atoms with van der Waals surface area (Å²) in [4.78, 5) is 36.1. The maximum atomic E-state index is 12.7. The fourth-order valence-corrected chi connectivity index (χ4v) is 5.60. The molecule has 0 radical (unpaired) electrons. The maximum absolute atomic E-state index is 12.7. The average Bonchev–Trinajstić information content (AvgIpc) is 3.26. The summed E-state index contributed by atoms with van der Waals surface area (Å²) in [5.74, 6) is 0.319. The highest BCUT2D eigenvalue weighted by atomic mass is 32.1. The number of amides is 2. The van der Waals surface area contributed by atoms with Gasteiger partial charge in [0, 0.05) is 24.4 Å². The van der Waals surface area contributed by atoms with Crippen molar-refractivity contribution in [1.82, 2.24) is 14.9 Å². The molecule has 2 fully saturated rings. The van der Waals surface area contributed by atoms with Crippen LogP contribution in [0.3, 0.4) is 0 Å². The van der Waals surface area contributed by atoms with Crippen LogP contribution in [0.5, 0.6) is 5.75 Å². The summed E-state index contributed by atoms with van der Waals surface area (Å²) in [5.41, 5.74) is 8.75. The highest BCUT2D eigenvalue weighted by Gasteiger charge is 2.47. The van der Waals surface area contributed by atoms with Crippen LogP contribution in [0.15, 0.2) is 48.8 Å². The Morgan fingerprint density at radius 1 is 1.21 bits per heavy atom. The number of nitrogens with zero attached hydrogens (tertiary/aromatic N) is 3. The van der Waals surface area contributed by atoms with Crippen LogP contribution < -0.4 is 10.5 Å². The quantitative estimate of drug-likeness (QED) is 0.581. The number of hydrogen-bond donors (Lipinski definition) is 1. The minimum atomic E-state index is -0.493. The SMILES string of the molecule is COc1ccc(C2(c3cc(-c4cnc(CC(=O)N5CCC[C@H]5C(N)=O)s4)ccn3)CC2)cc1. The van der Waals surface area contributed by atoms with E-state index >= 15 is 0 Å². The van der Waals surface area contributed by atoms with E-state index in [2.05, 4.69) is 23.2 Å². The Morgan fingerprint density at radius 3 is 2.70 bits per heavy atom. The van der Waals surface area contributed by atoms with Crippen LogP contribution in [0.25, 0.3) is 10.4 Å². The van der Waals surface area contributed by atoms with Crippen LogP contribution in [-0.4, -0.2) is 46.4 Å². The standard InChI is InChI=1S/C25H26N4O3S/c1-32-18-6-4-17(5-7-18)25(9-10-25)21-13-16(8-11-27-21)20-15-28-22(33-20)14-23(30)29-12-2-3-19(29)24(26)31/h4-8,11,13,15,19H,2-3,9-10,12,14H2,1H3,(H2,26,31)/t19-/m0/s1. The van der Waals surface area contributed by atoms with E-state index in [1.54, 1.807) is 12.0 Å². The van der Waals surface area contributed by atoms with Crippen LogP contribution >= 0.6 is 11.3 Å². The van der Waals surface area contributed by atoms with Gasteiger partial charge in [0.25, 0.3) is 0 Å². The van der Waals surface area contributed by atoms with E-state index in [1.165, 1.54) is 16.9 Å². The lowest BCUT2D eigenvalue weighted by molar-refractivity contribution is -0.136. The lowest BCUT2D eigenvalue weighted by atomic mass is 9.91. The first kappa shape index (κ1) is 21.6. The van der Waals surface area contributed by atoms with Crippen molar-refractivity contribution < 1.29 is 14.3 Å². The first-order valence-electron chi connectivity index (χ1n) is 11.1. The minimum absolute atomic E-state index is 0.0503. The van der Waals surface area contributed by atoms with Gasteiger partial charge in [-0.1, -0.05) is 12.1 Å². The molecule has 0 bridgehead atoms. The van der Waals surface area contributed by atoms with E-state index in [0.29, 0.717) is 13.0 Å². The first-order valence-corrected chi connectivity index (χ1v) is 12.0. The van der Waals surface area contributed by atoms with Crippen LogP contribution in [0.4, 0.5) is 0 Å². The van der Waals surface area contributed by atoms with Crippen molar-refractivity contribution in [3.05, 3.63) is 65.1 Å². The number of nitrogens with two attached hydrogens (primary N) is 1. The van der Waals surface area contributed by atoms with Crippen LogP contribution in [-0.2, 0) is 21.4 Å². The third-order valence-corrected chi connectivity index (χ3v) is 7.73. The number of rotatable bonds is 7. The van der Waals surface area contributed by atoms with E-state index in [1.807, 2.05) is 30.6 Å². The molecule has 2 amide bonds. The molecule has 8 heteroatoms. The monoisotopic (exact) mass is 462 g/mol. The van der Waals surface area contributed by atoms with Crippen LogP contribution in [0.2, 0.25) is 0 Å². The second kappa shape index (κ2) is 8.59. The minimum Gasteiger partial charge on any atom is -0.497 e. The normalized spacial score (nSPS) is 18.8. The van der Waals surface area contributed by atoms with Gasteiger partial charge in [-0.25, -0.2) is 4.98 Å². The summed E-state index contributed by atoms with van der Waals surface area (Å²) < 4.78 is 5.29. The highest BCUT2D eigenvalue weighted by Crippen LogP contribution is 2.53. The van der Waals surface area contributed by atoms with Crippen molar-refractivity contribution in [3.8, 4) is 16.2 Å². The fraction of sp³-hybridized carbons (Fsp3) is 0.360. The number of aromatic nitrogens is 2. The fourth-order valence-electron chi connectivity index (χ4n) is 4.69. The van der Waals surface area contributed by atoms with Crippen molar-refractivity contribution in [1.29, 1.82) is 0 Å². The first-order chi connectivity index (χ1) is 16.0. The van der Waals surface area contributed by atoms with Gasteiger partial charge in [-0.3, -0.25) is 14.6 Å². The lowest BCUT2D eigenvalue weighted by Crippen LogP contribution is -2.44. The van der Waals surface area contributed by atoms with Crippen molar-refractivity contribution in [2.24, 2.45) is 5.73 Å². The number of ether oxygens (including phenoxy) is 1. The zero-order valence-corrected chi connectivity index (χ0v) is 19.3. The number of benzene rings is 1. The molecule has 2 aliphatic rings. The Kier molecular flexibility index (Phi) is 5.62. The zero-order chi connectivity index (χ0) is 23.0. The van der Waals surface area contributed by atoms with Gasteiger partial charge in [-0.05, 0) is 61.1 Å². The molecule has 3 heterocycles. The molecule has 1 aliphatic carbocycles. The number of hydrogen-bond acceptors (Lipinski definition) is 6. The molecule has 2 N–H and O–H groups in total. The average molecular weight is 463 g/mol. The van der Waals surface area contributed by atoms with E-state index in [0.717, 1.165) is 46.2 Å². The third kappa shape index (κ3) is 4.11. The third-order valence-electron chi connectivity index (χ3n) is 6.68. The second-order valence-electron chi connectivity index (χ2n) is 8.68. The summed E-state index contributed by atoms with van der Waals surface area (Å²) in [6.07, 6.45) is 7.42. The molecule has 7 nitrogen and oxygen atoms in total. The molecule has 170 valence electrons. The second-order valence-corrected chi connectivity index (χ2v) is 9.80. The molecule has 2 aromatic heterocycles. The van der Waals surface area contributed by atoms with Gasteiger partial charge in [-0.15, -0.1) is 11.3 Å². The molecule has 0 spiro atoms. The highest BCUT2D eigenvalue weighted by molar-refractivity contribution is 7.15. The molecule has 5 rings (SSSR count). The summed E-state index contributed by atoms with van der Waals surface area (Å²) in [6.45, 7) is 0.575. The Bertz CT molecular complexity index is 1190.